The lowest BCUT2D eigenvalue weighted by Gasteiger charge is -2.29. The molecule has 1 fully saturated rings. The number of carbonyl (C=O) groups is 1. The van der Waals surface area contributed by atoms with E-state index < -0.39 is 5.41 Å². The molecule has 3 rings (SSSR count). The van der Waals surface area contributed by atoms with E-state index in [4.69, 9.17) is 32.7 Å². The molecular weight excluding hydrogens is 397 g/mol. The van der Waals surface area contributed by atoms with Crippen LogP contribution in [0.3, 0.4) is 0 Å². The molecule has 0 saturated heterocycles. The molecule has 0 atom stereocenters. The molecule has 0 aliphatic heterocycles. The van der Waals surface area contributed by atoms with Crippen LogP contribution in [0.25, 0.3) is 0 Å². The van der Waals surface area contributed by atoms with Crippen LogP contribution in [-0.4, -0.2) is 25.7 Å². The highest BCUT2D eigenvalue weighted by atomic mass is 35.5. The summed E-state index contributed by atoms with van der Waals surface area (Å²) in [4.78, 5) is 13.3. The Labute approximate surface area is 176 Å². The SMILES string of the molecule is CCOCCOc1ccc(NC(=O)C2(c3ccc(Cl)cc3Cl)CCCC2)cc1. The summed E-state index contributed by atoms with van der Waals surface area (Å²) in [6, 6.07) is 12.8. The monoisotopic (exact) mass is 421 g/mol. The van der Waals surface area contributed by atoms with Crippen molar-refractivity contribution < 1.29 is 14.3 Å². The van der Waals surface area contributed by atoms with Gasteiger partial charge in [0.1, 0.15) is 12.4 Å². The molecule has 1 aliphatic rings. The lowest BCUT2D eigenvalue weighted by Crippen LogP contribution is -2.38. The van der Waals surface area contributed by atoms with E-state index in [0.717, 1.165) is 42.7 Å². The average molecular weight is 422 g/mol. The number of ether oxygens (including phenoxy) is 2. The van der Waals surface area contributed by atoms with E-state index in [-0.39, 0.29) is 5.91 Å². The second-order valence-electron chi connectivity index (χ2n) is 6.94. The van der Waals surface area contributed by atoms with Gasteiger partial charge in [0.05, 0.1) is 12.0 Å². The van der Waals surface area contributed by atoms with E-state index in [1.165, 1.54) is 0 Å². The maximum absolute atomic E-state index is 13.3. The van der Waals surface area contributed by atoms with Gasteiger partial charge in [-0.2, -0.15) is 0 Å². The number of hydrogen-bond acceptors (Lipinski definition) is 3. The van der Waals surface area contributed by atoms with Crippen molar-refractivity contribution in [3.05, 3.63) is 58.1 Å². The summed E-state index contributed by atoms with van der Waals surface area (Å²) >= 11 is 12.5. The van der Waals surface area contributed by atoms with E-state index in [0.29, 0.717) is 29.9 Å². The summed E-state index contributed by atoms with van der Waals surface area (Å²) in [5.41, 5.74) is 0.969. The van der Waals surface area contributed by atoms with Crippen LogP contribution in [0, 0.1) is 0 Å². The van der Waals surface area contributed by atoms with Crippen molar-refractivity contribution in [2.75, 3.05) is 25.1 Å². The summed E-state index contributed by atoms with van der Waals surface area (Å²) in [5.74, 6) is 0.716. The molecule has 2 aromatic carbocycles. The highest BCUT2D eigenvalue weighted by Crippen LogP contribution is 2.45. The Hall–Kier alpha value is -1.75. The Bertz CT molecular complexity index is 802. The van der Waals surface area contributed by atoms with Gasteiger partial charge in [-0.25, -0.2) is 0 Å². The molecular formula is C22H25Cl2NO3. The van der Waals surface area contributed by atoms with E-state index in [1.807, 2.05) is 37.3 Å². The molecule has 2 aromatic rings. The van der Waals surface area contributed by atoms with Crippen molar-refractivity contribution >= 4 is 34.8 Å². The van der Waals surface area contributed by atoms with Gasteiger partial charge in [0.25, 0.3) is 0 Å². The molecule has 1 saturated carbocycles. The van der Waals surface area contributed by atoms with Gasteiger partial charge in [0, 0.05) is 22.3 Å². The number of anilines is 1. The van der Waals surface area contributed by atoms with Gasteiger partial charge in [-0.3, -0.25) is 4.79 Å². The lowest BCUT2D eigenvalue weighted by molar-refractivity contribution is -0.121. The summed E-state index contributed by atoms with van der Waals surface area (Å²) in [6.07, 6.45) is 3.55. The Morgan fingerprint density at radius 1 is 1.07 bits per heavy atom. The van der Waals surface area contributed by atoms with E-state index in [9.17, 15) is 4.79 Å². The van der Waals surface area contributed by atoms with E-state index in [1.54, 1.807) is 12.1 Å². The van der Waals surface area contributed by atoms with E-state index >= 15 is 0 Å². The number of carbonyl (C=O) groups excluding carboxylic acids is 1. The largest absolute Gasteiger partial charge is 0.491 e. The number of nitrogens with one attached hydrogen (secondary N) is 1. The molecule has 0 unspecified atom stereocenters. The zero-order valence-electron chi connectivity index (χ0n) is 16.0. The zero-order chi connectivity index (χ0) is 20.0. The molecule has 4 nitrogen and oxygen atoms in total. The van der Waals surface area contributed by atoms with Crippen LogP contribution in [-0.2, 0) is 14.9 Å². The van der Waals surface area contributed by atoms with Crippen molar-refractivity contribution in [2.45, 2.75) is 38.0 Å². The topological polar surface area (TPSA) is 47.6 Å². The predicted molar refractivity (Wildman–Crippen MR) is 114 cm³/mol. The quantitative estimate of drug-likeness (QED) is 0.542. The van der Waals surface area contributed by atoms with Gasteiger partial charge >= 0.3 is 0 Å². The highest BCUT2D eigenvalue weighted by molar-refractivity contribution is 6.35. The first-order valence-electron chi connectivity index (χ1n) is 9.63. The van der Waals surface area contributed by atoms with Crippen molar-refractivity contribution in [3.8, 4) is 5.75 Å². The zero-order valence-corrected chi connectivity index (χ0v) is 17.5. The van der Waals surface area contributed by atoms with Crippen molar-refractivity contribution in [2.24, 2.45) is 0 Å². The fourth-order valence-corrected chi connectivity index (χ4v) is 4.31. The van der Waals surface area contributed by atoms with Gasteiger partial charge in [-0.1, -0.05) is 42.1 Å². The lowest BCUT2D eigenvalue weighted by atomic mass is 9.78. The Kier molecular flexibility index (Phi) is 7.22. The molecule has 150 valence electrons. The van der Waals surface area contributed by atoms with Crippen LogP contribution >= 0.6 is 23.2 Å². The molecule has 1 amide bonds. The second-order valence-corrected chi connectivity index (χ2v) is 7.78. The molecule has 6 heteroatoms. The minimum absolute atomic E-state index is 0.0285. The van der Waals surface area contributed by atoms with Crippen LogP contribution in [0.15, 0.2) is 42.5 Å². The normalized spacial score (nSPS) is 15.4. The summed E-state index contributed by atoms with van der Waals surface area (Å²) < 4.78 is 10.9. The molecule has 1 aliphatic carbocycles. The van der Waals surface area contributed by atoms with Crippen molar-refractivity contribution in [1.82, 2.24) is 0 Å². The smallest absolute Gasteiger partial charge is 0.235 e. The van der Waals surface area contributed by atoms with Gasteiger partial charge in [-0.15, -0.1) is 0 Å². The standard InChI is InChI=1S/C22H25Cl2NO3/c1-2-27-13-14-28-18-8-6-17(7-9-18)25-21(26)22(11-3-4-12-22)19-10-5-16(23)15-20(19)24/h5-10,15H,2-4,11-14H2,1H3,(H,25,26). The minimum atomic E-state index is -0.617. The molecule has 1 N–H and O–H groups in total. The van der Waals surface area contributed by atoms with Crippen LogP contribution in [0.5, 0.6) is 5.75 Å². The fourth-order valence-electron chi connectivity index (χ4n) is 3.72. The number of halogens is 2. The maximum atomic E-state index is 13.3. The number of amides is 1. The first-order chi connectivity index (χ1) is 13.5. The van der Waals surface area contributed by atoms with Crippen LogP contribution in [0.4, 0.5) is 5.69 Å². The van der Waals surface area contributed by atoms with Crippen LogP contribution < -0.4 is 10.1 Å². The second kappa shape index (κ2) is 9.64. The Balaban J connectivity index is 1.71. The number of rotatable bonds is 8. The predicted octanol–water partition coefficient (Wildman–Crippen LogP) is 5.86. The van der Waals surface area contributed by atoms with Gasteiger partial charge in [0.2, 0.25) is 5.91 Å². The molecule has 28 heavy (non-hydrogen) atoms. The molecule has 0 bridgehead atoms. The third-order valence-electron chi connectivity index (χ3n) is 5.15. The highest BCUT2D eigenvalue weighted by Gasteiger charge is 2.44. The Morgan fingerprint density at radius 3 is 2.43 bits per heavy atom. The minimum Gasteiger partial charge on any atom is -0.491 e. The first kappa shape index (κ1) is 21.0. The third kappa shape index (κ3) is 4.80. The molecule has 0 aromatic heterocycles. The summed E-state index contributed by atoms with van der Waals surface area (Å²) in [7, 11) is 0. The van der Waals surface area contributed by atoms with Gasteiger partial charge in [-0.05, 0) is 61.7 Å². The molecule has 0 heterocycles. The maximum Gasteiger partial charge on any atom is 0.235 e. The molecule has 0 spiro atoms. The van der Waals surface area contributed by atoms with Gasteiger partial charge in [0.15, 0.2) is 0 Å². The molecule has 0 radical (unpaired) electrons. The fraction of sp³-hybridized carbons (Fsp3) is 0.409. The van der Waals surface area contributed by atoms with Gasteiger partial charge < -0.3 is 14.8 Å². The van der Waals surface area contributed by atoms with Crippen LogP contribution in [0.2, 0.25) is 10.0 Å². The number of benzene rings is 2. The summed E-state index contributed by atoms with van der Waals surface area (Å²) in [5, 5.41) is 4.17. The average Bonchev–Trinajstić information content (AvgIpc) is 3.17. The van der Waals surface area contributed by atoms with E-state index in [2.05, 4.69) is 5.32 Å². The Morgan fingerprint density at radius 2 is 1.79 bits per heavy atom. The summed E-state index contributed by atoms with van der Waals surface area (Å²) in [6.45, 7) is 3.68. The first-order valence-corrected chi connectivity index (χ1v) is 10.4. The van der Waals surface area contributed by atoms with Crippen molar-refractivity contribution in [3.63, 3.8) is 0 Å². The third-order valence-corrected chi connectivity index (χ3v) is 5.70. The number of hydrogen-bond donors (Lipinski definition) is 1. The van der Waals surface area contributed by atoms with Crippen LogP contribution in [0.1, 0.15) is 38.2 Å². The van der Waals surface area contributed by atoms with Crippen molar-refractivity contribution in [1.29, 1.82) is 0 Å².